The minimum Gasteiger partial charge on any atom is -0.382 e. The summed E-state index contributed by atoms with van der Waals surface area (Å²) in [6.45, 7) is 2.25. The average molecular weight is 324 g/mol. The van der Waals surface area contributed by atoms with E-state index in [-0.39, 0.29) is 0 Å². The van der Waals surface area contributed by atoms with Crippen molar-refractivity contribution in [3.8, 4) is 0 Å². The molecule has 1 fully saturated rings. The van der Waals surface area contributed by atoms with Crippen LogP contribution < -0.4 is 5.73 Å². The summed E-state index contributed by atoms with van der Waals surface area (Å²) in [7, 11) is 0. The Balaban J connectivity index is 2.03. The van der Waals surface area contributed by atoms with Gasteiger partial charge in [0.1, 0.15) is 6.33 Å². The largest absolute Gasteiger partial charge is 0.382 e. The van der Waals surface area contributed by atoms with E-state index in [2.05, 4.69) is 42.4 Å². The number of imidazole rings is 1. The number of nitrogens with zero attached hydrogens (tertiary/aromatic N) is 4. The van der Waals surface area contributed by atoms with E-state index in [4.69, 9.17) is 5.73 Å². The quantitative estimate of drug-likeness (QED) is 0.861. The number of hydrogen-bond donors (Lipinski definition) is 1. The molecule has 2 aromatic rings. The third-order valence-electron chi connectivity index (χ3n) is 4.20. The molecule has 0 aliphatic heterocycles. The van der Waals surface area contributed by atoms with Gasteiger partial charge in [-0.25, -0.2) is 15.0 Å². The molecule has 2 N–H and O–H groups in total. The molecule has 0 radical (unpaired) electrons. The smallest absolute Gasteiger partial charge is 0.179 e. The van der Waals surface area contributed by atoms with Gasteiger partial charge in [-0.3, -0.25) is 4.57 Å². The zero-order valence-corrected chi connectivity index (χ0v) is 12.6. The molecule has 1 aliphatic rings. The molecule has 2 aromatic heterocycles. The van der Waals surface area contributed by atoms with E-state index in [1.807, 2.05) is 0 Å². The van der Waals surface area contributed by atoms with Crippen LogP contribution in [-0.4, -0.2) is 19.5 Å². The number of nitrogen functional groups attached to an aromatic ring is 1. The van der Waals surface area contributed by atoms with Crippen molar-refractivity contribution in [2.45, 2.75) is 45.1 Å². The minimum absolute atomic E-state index is 0.383. The molecule has 0 spiro atoms. The fraction of sp³-hybridized carbons (Fsp3) is 0.615. The van der Waals surface area contributed by atoms with Crippen LogP contribution in [0, 0.1) is 5.92 Å². The van der Waals surface area contributed by atoms with Crippen LogP contribution in [0.25, 0.3) is 11.2 Å². The lowest BCUT2D eigenvalue weighted by molar-refractivity contribution is 0.264. The second-order valence-electron chi connectivity index (χ2n) is 5.32. The average Bonchev–Trinajstić information content (AvgIpc) is 2.77. The van der Waals surface area contributed by atoms with E-state index >= 15 is 0 Å². The number of fused-ring (bicyclic) bond motifs is 1. The van der Waals surface area contributed by atoms with Crippen LogP contribution in [0.3, 0.4) is 0 Å². The van der Waals surface area contributed by atoms with Crippen molar-refractivity contribution in [2.24, 2.45) is 5.92 Å². The molecule has 6 heteroatoms. The molecule has 0 aromatic carbocycles. The maximum Gasteiger partial charge on any atom is 0.179 e. The SMILES string of the molecule is CC(C1CCCCC1)n1c(Br)nc2c(N)ncnc21. The standard InChI is InChI=1S/C13H18BrN5/c1-8(9-5-3-2-4-6-9)19-12-10(18-13(19)14)11(15)16-7-17-12/h7-9H,2-6H2,1H3,(H2,15,16,17). The zero-order chi connectivity index (χ0) is 13.4. The Morgan fingerprint density at radius 1 is 1.32 bits per heavy atom. The molecule has 3 rings (SSSR count). The first-order valence-electron chi connectivity index (χ1n) is 6.82. The second kappa shape index (κ2) is 5.07. The number of rotatable bonds is 2. The number of anilines is 1. The number of hydrogen-bond acceptors (Lipinski definition) is 4. The molecule has 0 saturated heterocycles. The lowest BCUT2D eigenvalue weighted by Crippen LogP contribution is -2.19. The predicted molar refractivity (Wildman–Crippen MR) is 78.7 cm³/mol. The van der Waals surface area contributed by atoms with E-state index in [1.165, 1.54) is 38.4 Å². The first kappa shape index (κ1) is 12.8. The van der Waals surface area contributed by atoms with Crippen LogP contribution in [0.15, 0.2) is 11.1 Å². The first-order chi connectivity index (χ1) is 9.18. The van der Waals surface area contributed by atoms with Crippen LogP contribution >= 0.6 is 15.9 Å². The fourth-order valence-electron chi connectivity index (χ4n) is 3.09. The molecule has 102 valence electrons. The molecule has 5 nitrogen and oxygen atoms in total. The Labute approximate surface area is 120 Å². The molecule has 19 heavy (non-hydrogen) atoms. The van der Waals surface area contributed by atoms with Gasteiger partial charge in [-0.05, 0) is 41.6 Å². The maximum absolute atomic E-state index is 5.87. The Morgan fingerprint density at radius 2 is 2.05 bits per heavy atom. The maximum atomic E-state index is 5.87. The summed E-state index contributed by atoms with van der Waals surface area (Å²) in [5.74, 6) is 1.14. The van der Waals surface area contributed by atoms with Gasteiger partial charge in [0.25, 0.3) is 0 Å². The van der Waals surface area contributed by atoms with E-state index < -0.39 is 0 Å². The van der Waals surface area contributed by atoms with Crippen LogP contribution in [0.5, 0.6) is 0 Å². The van der Waals surface area contributed by atoms with Gasteiger partial charge in [0.15, 0.2) is 21.7 Å². The van der Waals surface area contributed by atoms with E-state index in [0.29, 0.717) is 23.3 Å². The van der Waals surface area contributed by atoms with Gasteiger partial charge >= 0.3 is 0 Å². The van der Waals surface area contributed by atoms with E-state index in [0.717, 1.165) is 10.4 Å². The third kappa shape index (κ3) is 2.22. The molecular weight excluding hydrogens is 306 g/mol. The highest BCUT2D eigenvalue weighted by atomic mass is 79.9. The van der Waals surface area contributed by atoms with Crippen molar-refractivity contribution >= 4 is 32.9 Å². The van der Waals surface area contributed by atoms with Crippen molar-refractivity contribution in [3.63, 3.8) is 0 Å². The molecule has 1 saturated carbocycles. The highest BCUT2D eigenvalue weighted by Gasteiger charge is 2.25. The zero-order valence-electron chi connectivity index (χ0n) is 11.0. The predicted octanol–water partition coefficient (Wildman–Crippen LogP) is 3.31. The molecule has 1 unspecified atom stereocenters. The van der Waals surface area contributed by atoms with Gasteiger partial charge in [0.05, 0.1) is 0 Å². The Bertz CT molecular complexity index is 588. The van der Waals surface area contributed by atoms with Gasteiger partial charge in [0.2, 0.25) is 0 Å². The third-order valence-corrected chi connectivity index (χ3v) is 4.76. The molecular formula is C13H18BrN5. The van der Waals surface area contributed by atoms with Crippen LogP contribution in [0.2, 0.25) is 0 Å². The summed E-state index contributed by atoms with van der Waals surface area (Å²) in [6, 6.07) is 0.383. The Hall–Kier alpha value is -1.17. The number of nitrogens with two attached hydrogens (primary N) is 1. The number of aromatic nitrogens is 4. The summed E-state index contributed by atoms with van der Waals surface area (Å²) < 4.78 is 2.95. The number of halogens is 1. The normalized spacial score (nSPS) is 18.8. The van der Waals surface area contributed by atoms with Crippen molar-refractivity contribution in [2.75, 3.05) is 5.73 Å². The van der Waals surface area contributed by atoms with Crippen molar-refractivity contribution < 1.29 is 0 Å². The Morgan fingerprint density at radius 3 is 2.79 bits per heavy atom. The molecule has 0 bridgehead atoms. The van der Waals surface area contributed by atoms with Gasteiger partial charge in [-0.2, -0.15) is 0 Å². The summed E-state index contributed by atoms with van der Waals surface area (Å²) in [5, 5.41) is 0. The van der Waals surface area contributed by atoms with E-state index in [1.54, 1.807) is 0 Å². The van der Waals surface area contributed by atoms with Crippen LogP contribution in [0.4, 0.5) is 5.82 Å². The molecule has 0 amide bonds. The highest BCUT2D eigenvalue weighted by molar-refractivity contribution is 9.10. The monoisotopic (exact) mass is 323 g/mol. The lowest BCUT2D eigenvalue weighted by Gasteiger charge is -2.29. The fourth-order valence-corrected chi connectivity index (χ4v) is 3.76. The summed E-state index contributed by atoms with van der Waals surface area (Å²) >= 11 is 3.54. The van der Waals surface area contributed by atoms with Crippen LogP contribution in [0.1, 0.15) is 45.1 Å². The topological polar surface area (TPSA) is 69.6 Å². The Kier molecular flexibility index (Phi) is 3.43. The van der Waals surface area contributed by atoms with Gasteiger partial charge < -0.3 is 5.73 Å². The molecule has 1 aliphatic carbocycles. The van der Waals surface area contributed by atoms with E-state index in [9.17, 15) is 0 Å². The second-order valence-corrected chi connectivity index (χ2v) is 6.03. The lowest BCUT2D eigenvalue weighted by atomic mass is 9.84. The van der Waals surface area contributed by atoms with Gasteiger partial charge in [-0.15, -0.1) is 0 Å². The van der Waals surface area contributed by atoms with Crippen molar-refractivity contribution in [1.29, 1.82) is 0 Å². The highest BCUT2D eigenvalue weighted by Crippen LogP contribution is 2.36. The van der Waals surface area contributed by atoms with Gasteiger partial charge in [0, 0.05) is 6.04 Å². The minimum atomic E-state index is 0.383. The molecule has 1 atom stereocenters. The summed E-state index contributed by atoms with van der Waals surface area (Å²) in [5.41, 5.74) is 7.39. The summed E-state index contributed by atoms with van der Waals surface area (Å²) in [6.07, 6.45) is 8.11. The molecule has 2 heterocycles. The summed E-state index contributed by atoms with van der Waals surface area (Å²) in [4.78, 5) is 12.8. The van der Waals surface area contributed by atoms with Crippen molar-refractivity contribution in [1.82, 2.24) is 19.5 Å². The van der Waals surface area contributed by atoms with Gasteiger partial charge in [-0.1, -0.05) is 19.3 Å². The van der Waals surface area contributed by atoms with Crippen molar-refractivity contribution in [3.05, 3.63) is 11.1 Å². The first-order valence-corrected chi connectivity index (χ1v) is 7.61. The van der Waals surface area contributed by atoms with Crippen LogP contribution in [-0.2, 0) is 0 Å².